The fourth-order valence-corrected chi connectivity index (χ4v) is 2.62. The molecule has 1 aliphatic carbocycles. The normalized spacial score (nSPS) is 13.8. The van der Waals surface area contributed by atoms with Crippen LogP contribution in [0.1, 0.15) is 42.6 Å². The molecule has 1 heterocycles. The van der Waals surface area contributed by atoms with Crippen LogP contribution in [-0.2, 0) is 0 Å². The van der Waals surface area contributed by atoms with Crippen LogP contribution >= 0.6 is 0 Å². The number of nitrogens with one attached hydrogen (secondary N) is 1. The van der Waals surface area contributed by atoms with Crippen molar-refractivity contribution in [3.05, 3.63) is 41.6 Å². The number of amides is 1. The average molecular weight is 338 g/mol. The van der Waals surface area contributed by atoms with Crippen LogP contribution in [0.2, 0.25) is 0 Å². The lowest BCUT2D eigenvalue weighted by Gasteiger charge is -2.25. The fraction of sp³-hybridized carbons (Fsp3) is 0.450. The maximum atomic E-state index is 12.6. The number of hydrogen-bond donors (Lipinski definition) is 1. The summed E-state index contributed by atoms with van der Waals surface area (Å²) in [5, 5.41) is 3.02. The van der Waals surface area contributed by atoms with Gasteiger partial charge >= 0.3 is 0 Å². The molecule has 1 aromatic heterocycles. The van der Waals surface area contributed by atoms with E-state index in [1.54, 1.807) is 6.20 Å². The predicted molar refractivity (Wildman–Crippen MR) is 101 cm³/mol. The molecule has 0 radical (unpaired) electrons. The van der Waals surface area contributed by atoms with Gasteiger partial charge in [-0.25, -0.2) is 9.97 Å². The van der Waals surface area contributed by atoms with E-state index < -0.39 is 0 Å². The monoisotopic (exact) mass is 338 g/mol. The Labute approximate surface area is 149 Å². The van der Waals surface area contributed by atoms with Gasteiger partial charge in [-0.05, 0) is 45.6 Å². The summed E-state index contributed by atoms with van der Waals surface area (Å²) in [4.78, 5) is 23.8. The lowest BCUT2D eigenvalue weighted by atomic mass is 10.1. The van der Waals surface area contributed by atoms with Crippen molar-refractivity contribution in [2.75, 3.05) is 18.5 Å². The molecule has 1 aromatic carbocycles. The van der Waals surface area contributed by atoms with Gasteiger partial charge in [0.15, 0.2) is 5.82 Å². The average Bonchev–Trinajstić information content (AvgIpc) is 3.43. The van der Waals surface area contributed by atoms with Crippen LogP contribution in [0.25, 0.3) is 11.4 Å². The second-order valence-electron chi connectivity index (χ2n) is 7.16. The molecule has 0 bridgehead atoms. The van der Waals surface area contributed by atoms with Gasteiger partial charge < -0.3 is 10.2 Å². The van der Waals surface area contributed by atoms with E-state index in [9.17, 15) is 4.79 Å². The Morgan fingerprint density at radius 2 is 2.12 bits per heavy atom. The fourth-order valence-electron chi connectivity index (χ4n) is 2.62. The Hall–Kier alpha value is -2.43. The van der Waals surface area contributed by atoms with Gasteiger partial charge in [-0.15, -0.1) is 0 Å². The number of aryl methyl sites for hydroxylation is 1. The van der Waals surface area contributed by atoms with Crippen molar-refractivity contribution in [1.82, 2.24) is 15.3 Å². The number of hydrogen-bond acceptors (Lipinski definition) is 4. The second kappa shape index (κ2) is 7.21. The van der Waals surface area contributed by atoms with E-state index in [0.29, 0.717) is 23.1 Å². The largest absolute Gasteiger partial charge is 0.356 e. The first-order valence-corrected chi connectivity index (χ1v) is 8.91. The summed E-state index contributed by atoms with van der Waals surface area (Å²) in [5.74, 6) is 1.87. The van der Waals surface area contributed by atoms with Gasteiger partial charge in [0.05, 0.1) is 0 Å². The molecule has 0 unspecified atom stereocenters. The molecule has 1 fully saturated rings. The zero-order chi connectivity index (χ0) is 18.0. The highest BCUT2D eigenvalue weighted by molar-refractivity contribution is 5.99. The van der Waals surface area contributed by atoms with Crippen LogP contribution in [0.3, 0.4) is 0 Å². The molecule has 1 aliphatic rings. The Morgan fingerprint density at radius 1 is 1.36 bits per heavy atom. The second-order valence-corrected chi connectivity index (χ2v) is 7.16. The van der Waals surface area contributed by atoms with Crippen LogP contribution in [0.4, 0.5) is 5.82 Å². The zero-order valence-corrected chi connectivity index (χ0v) is 15.4. The van der Waals surface area contributed by atoms with Gasteiger partial charge in [-0.1, -0.05) is 23.8 Å². The van der Waals surface area contributed by atoms with Crippen LogP contribution < -0.4 is 10.2 Å². The van der Waals surface area contributed by atoms with Gasteiger partial charge in [-0.2, -0.15) is 0 Å². The molecule has 25 heavy (non-hydrogen) atoms. The first-order chi connectivity index (χ1) is 12.0. The molecule has 0 aliphatic heterocycles. The molecule has 3 rings (SSSR count). The van der Waals surface area contributed by atoms with Crippen molar-refractivity contribution in [1.29, 1.82) is 0 Å². The Kier molecular flexibility index (Phi) is 5.02. The minimum Gasteiger partial charge on any atom is -0.356 e. The van der Waals surface area contributed by atoms with Crippen LogP contribution in [0, 0.1) is 12.8 Å². The molecule has 1 amide bonds. The molecule has 1 saturated carbocycles. The number of carbonyl (C=O) groups excluding carboxylic acids is 1. The minimum atomic E-state index is -0.0924. The van der Waals surface area contributed by atoms with E-state index in [-0.39, 0.29) is 11.9 Å². The molecular weight excluding hydrogens is 312 g/mol. The number of benzene rings is 1. The summed E-state index contributed by atoms with van der Waals surface area (Å²) in [6, 6.07) is 8.33. The lowest BCUT2D eigenvalue weighted by Crippen LogP contribution is -2.32. The van der Waals surface area contributed by atoms with Crippen molar-refractivity contribution in [3.63, 3.8) is 0 Å². The van der Waals surface area contributed by atoms with Crippen LogP contribution in [-0.4, -0.2) is 35.5 Å². The highest BCUT2D eigenvalue weighted by Crippen LogP contribution is 2.28. The number of anilines is 1. The highest BCUT2D eigenvalue weighted by atomic mass is 16.1. The molecule has 0 spiro atoms. The Morgan fingerprint density at radius 3 is 2.76 bits per heavy atom. The third kappa shape index (κ3) is 4.16. The van der Waals surface area contributed by atoms with Crippen LogP contribution in [0.15, 0.2) is 30.5 Å². The molecule has 132 valence electrons. The van der Waals surface area contributed by atoms with Crippen molar-refractivity contribution in [3.8, 4) is 11.4 Å². The maximum absolute atomic E-state index is 12.6. The maximum Gasteiger partial charge on any atom is 0.256 e. The van der Waals surface area contributed by atoms with Crippen LogP contribution in [0.5, 0.6) is 0 Å². The number of rotatable bonds is 6. The van der Waals surface area contributed by atoms with Gasteiger partial charge in [0.1, 0.15) is 11.4 Å². The SMILES string of the molecule is Cc1cccc(-c2ncc(C(=O)NCC3CC3)c(N(C)C(C)C)n2)c1. The summed E-state index contributed by atoms with van der Waals surface area (Å²) < 4.78 is 0. The highest BCUT2D eigenvalue weighted by Gasteiger charge is 2.24. The van der Waals surface area contributed by atoms with E-state index in [2.05, 4.69) is 30.2 Å². The molecule has 5 heteroatoms. The third-order valence-electron chi connectivity index (χ3n) is 4.65. The van der Waals surface area contributed by atoms with Crippen molar-refractivity contribution in [2.45, 2.75) is 39.7 Å². The zero-order valence-electron chi connectivity index (χ0n) is 15.4. The standard InChI is InChI=1S/C20H26N4O/c1-13(2)24(4)19-17(20(25)22-11-15-8-9-15)12-21-18(23-19)16-7-5-6-14(3)10-16/h5-7,10,12-13,15H,8-9,11H2,1-4H3,(H,22,25). The van der Waals surface area contributed by atoms with Gasteiger partial charge in [0, 0.05) is 31.4 Å². The molecule has 0 saturated heterocycles. The molecule has 0 atom stereocenters. The van der Waals surface area contributed by atoms with Gasteiger partial charge in [0.2, 0.25) is 0 Å². The molecular formula is C20H26N4O. The van der Waals surface area contributed by atoms with Crippen molar-refractivity contribution < 1.29 is 4.79 Å². The van der Waals surface area contributed by atoms with E-state index in [0.717, 1.165) is 17.7 Å². The smallest absolute Gasteiger partial charge is 0.256 e. The quantitative estimate of drug-likeness (QED) is 0.876. The minimum absolute atomic E-state index is 0.0924. The third-order valence-corrected chi connectivity index (χ3v) is 4.65. The van der Waals surface area contributed by atoms with Gasteiger partial charge in [-0.3, -0.25) is 4.79 Å². The molecule has 1 N–H and O–H groups in total. The summed E-state index contributed by atoms with van der Waals surface area (Å²) in [7, 11) is 1.96. The summed E-state index contributed by atoms with van der Waals surface area (Å²) in [6.07, 6.45) is 4.07. The van der Waals surface area contributed by atoms with Crippen molar-refractivity contribution in [2.24, 2.45) is 5.92 Å². The van der Waals surface area contributed by atoms with E-state index in [1.165, 1.54) is 12.8 Å². The molecule has 5 nitrogen and oxygen atoms in total. The topological polar surface area (TPSA) is 58.1 Å². The number of nitrogens with zero attached hydrogens (tertiary/aromatic N) is 3. The first kappa shape index (κ1) is 17.4. The van der Waals surface area contributed by atoms with E-state index in [1.807, 2.05) is 37.1 Å². The summed E-state index contributed by atoms with van der Waals surface area (Å²) >= 11 is 0. The van der Waals surface area contributed by atoms with E-state index >= 15 is 0 Å². The Balaban J connectivity index is 1.95. The van der Waals surface area contributed by atoms with Gasteiger partial charge in [0.25, 0.3) is 5.91 Å². The lowest BCUT2D eigenvalue weighted by molar-refractivity contribution is 0.0951. The van der Waals surface area contributed by atoms with E-state index in [4.69, 9.17) is 4.98 Å². The summed E-state index contributed by atoms with van der Waals surface area (Å²) in [6.45, 7) is 6.95. The summed E-state index contributed by atoms with van der Waals surface area (Å²) in [5.41, 5.74) is 2.66. The van der Waals surface area contributed by atoms with Crippen molar-refractivity contribution >= 4 is 11.7 Å². The number of aromatic nitrogens is 2. The predicted octanol–water partition coefficient (Wildman–Crippen LogP) is 3.44. The Bertz CT molecular complexity index is 768. The number of carbonyl (C=O) groups is 1. The molecule has 2 aromatic rings. The first-order valence-electron chi connectivity index (χ1n) is 8.91.